The molecule has 0 aliphatic rings. The second-order valence-electron chi connectivity index (χ2n) is 7.35. The summed E-state index contributed by atoms with van der Waals surface area (Å²) in [7, 11) is 1.32. The number of hydrogen-bond donors (Lipinski definition) is 1. The number of benzene rings is 2. The number of methoxy groups -OCH3 is 1. The number of amides is 2. The summed E-state index contributed by atoms with van der Waals surface area (Å²) in [5.41, 5.74) is 1.78. The van der Waals surface area contributed by atoms with Crippen LogP contribution in [0.25, 0.3) is 0 Å². The number of rotatable bonds is 11. The first kappa shape index (κ1) is 24.6. The highest BCUT2D eigenvalue weighted by Crippen LogP contribution is 2.30. The summed E-state index contributed by atoms with van der Waals surface area (Å²) < 4.78 is 10.6. The van der Waals surface area contributed by atoms with Crippen LogP contribution >= 0.6 is 0 Å². The third kappa shape index (κ3) is 6.69. The smallest absolute Gasteiger partial charge is 0.311 e. The van der Waals surface area contributed by atoms with Crippen LogP contribution in [0.3, 0.4) is 0 Å². The molecule has 0 radical (unpaired) electrons. The average molecular weight is 444 g/mol. The Balaban J connectivity index is 2.16. The number of ether oxygens (including phenoxy) is 2. The van der Waals surface area contributed by atoms with E-state index in [0.29, 0.717) is 6.54 Å². The molecule has 0 spiro atoms. The van der Waals surface area contributed by atoms with Gasteiger partial charge in [-0.05, 0) is 31.9 Å². The molecule has 2 aromatic rings. The van der Waals surface area contributed by atoms with Crippen LogP contribution in [-0.2, 0) is 16.1 Å². The van der Waals surface area contributed by atoms with E-state index < -0.39 is 11.0 Å². The zero-order chi connectivity index (χ0) is 23.7. The number of nitrogens with zero attached hydrogens (tertiary/aromatic N) is 2. The molecule has 0 heterocycles. The van der Waals surface area contributed by atoms with Crippen LogP contribution in [0.5, 0.6) is 11.5 Å². The second kappa shape index (κ2) is 11.7. The van der Waals surface area contributed by atoms with Gasteiger partial charge in [0.1, 0.15) is 11.8 Å². The molecule has 9 nitrogen and oxygen atoms in total. The Morgan fingerprint density at radius 1 is 1.19 bits per heavy atom. The number of nitrogens with one attached hydrogen (secondary N) is 1. The van der Waals surface area contributed by atoms with Gasteiger partial charge in [-0.15, -0.1) is 0 Å². The lowest BCUT2D eigenvalue weighted by Gasteiger charge is -2.28. The van der Waals surface area contributed by atoms with Gasteiger partial charge in [0.25, 0.3) is 5.91 Å². The van der Waals surface area contributed by atoms with Crippen molar-refractivity contribution in [2.45, 2.75) is 39.8 Å². The van der Waals surface area contributed by atoms with Crippen molar-refractivity contribution in [3.8, 4) is 11.5 Å². The topological polar surface area (TPSA) is 111 Å². The van der Waals surface area contributed by atoms with Crippen molar-refractivity contribution in [3.05, 3.63) is 63.7 Å². The molecule has 0 bridgehead atoms. The van der Waals surface area contributed by atoms with Crippen molar-refractivity contribution in [2.24, 2.45) is 0 Å². The molecule has 2 aromatic carbocycles. The first-order chi connectivity index (χ1) is 15.3. The molecule has 172 valence electrons. The van der Waals surface area contributed by atoms with Gasteiger partial charge in [0.05, 0.1) is 12.0 Å². The lowest BCUT2D eigenvalue weighted by Crippen LogP contribution is -2.49. The van der Waals surface area contributed by atoms with Gasteiger partial charge in [-0.3, -0.25) is 19.7 Å². The first-order valence-corrected chi connectivity index (χ1v) is 10.3. The SMILES string of the molecule is CCCNC(=O)[C@@H](C)N(Cc1ccc(C)cc1)C(=O)COc1ccc([N+](=O)[O-])c(OC)c1. The normalized spacial score (nSPS) is 11.4. The van der Waals surface area contributed by atoms with Crippen LogP contribution in [0.2, 0.25) is 0 Å². The van der Waals surface area contributed by atoms with Crippen molar-refractivity contribution in [1.82, 2.24) is 10.2 Å². The van der Waals surface area contributed by atoms with E-state index in [9.17, 15) is 19.7 Å². The monoisotopic (exact) mass is 443 g/mol. The van der Waals surface area contributed by atoms with E-state index in [-0.39, 0.29) is 42.2 Å². The molecule has 0 saturated carbocycles. The van der Waals surface area contributed by atoms with Gasteiger partial charge in [-0.2, -0.15) is 0 Å². The Morgan fingerprint density at radius 3 is 2.47 bits per heavy atom. The van der Waals surface area contributed by atoms with Gasteiger partial charge in [0, 0.05) is 25.2 Å². The Morgan fingerprint density at radius 2 is 1.88 bits per heavy atom. The van der Waals surface area contributed by atoms with Gasteiger partial charge in [-0.1, -0.05) is 36.8 Å². The summed E-state index contributed by atoms with van der Waals surface area (Å²) in [5.74, 6) is -0.352. The van der Waals surface area contributed by atoms with E-state index >= 15 is 0 Å². The summed E-state index contributed by atoms with van der Waals surface area (Å²) in [5, 5.41) is 13.9. The van der Waals surface area contributed by atoms with Crippen LogP contribution in [0.4, 0.5) is 5.69 Å². The van der Waals surface area contributed by atoms with Crippen LogP contribution in [0.1, 0.15) is 31.4 Å². The van der Waals surface area contributed by atoms with Gasteiger partial charge in [0.15, 0.2) is 6.61 Å². The summed E-state index contributed by atoms with van der Waals surface area (Å²) in [6.07, 6.45) is 0.787. The molecule has 0 saturated heterocycles. The minimum absolute atomic E-state index is 0.0313. The number of carbonyl (C=O) groups is 2. The lowest BCUT2D eigenvalue weighted by molar-refractivity contribution is -0.385. The standard InChI is InChI=1S/C23H29N3O6/c1-5-12-24-23(28)17(3)25(14-18-8-6-16(2)7-9-18)22(27)15-32-19-10-11-20(26(29)30)21(13-19)31-4/h6-11,13,17H,5,12,14-15H2,1-4H3,(H,24,28)/t17-/m1/s1. The van der Waals surface area contributed by atoms with E-state index in [1.165, 1.54) is 30.2 Å². The Hall–Kier alpha value is -3.62. The van der Waals surface area contributed by atoms with Gasteiger partial charge >= 0.3 is 5.69 Å². The maximum absolute atomic E-state index is 13.0. The van der Waals surface area contributed by atoms with Crippen LogP contribution < -0.4 is 14.8 Å². The van der Waals surface area contributed by atoms with Gasteiger partial charge < -0.3 is 19.7 Å². The van der Waals surface area contributed by atoms with Crippen molar-refractivity contribution in [1.29, 1.82) is 0 Å². The fraction of sp³-hybridized carbons (Fsp3) is 0.391. The minimum atomic E-state index is -0.703. The molecule has 9 heteroatoms. The average Bonchev–Trinajstić information content (AvgIpc) is 2.79. The minimum Gasteiger partial charge on any atom is -0.490 e. The van der Waals surface area contributed by atoms with E-state index in [1.807, 2.05) is 38.1 Å². The summed E-state index contributed by atoms with van der Waals surface area (Å²) in [6, 6.07) is 11.0. The molecular weight excluding hydrogens is 414 g/mol. The Kier molecular flexibility index (Phi) is 9.00. The van der Waals surface area contributed by atoms with Gasteiger partial charge in [-0.25, -0.2) is 0 Å². The number of hydrogen-bond acceptors (Lipinski definition) is 6. The molecule has 1 atom stereocenters. The Bertz CT molecular complexity index is 945. The molecule has 2 rings (SSSR count). The zero-order valence-electron chi connectivity index (χ0n) is 18.8. The first-order valence-electron chi connectivity index (χ1n) is 10.3. The fourth-order valence-electron chi connectivity index (χ4n) is 3.00. The zero-order valence-corrected chi connectivity index (χ0v) is 18.8. The van der Waals surface area contributed by atoms with Crippen LogP contribution in [0.15, 0.2) is 42.5 Å². The van der Waals surface area contributed by atoms with E-state index in [2.05, 4.69) is 5.32 Å². The fourth-order valence-corrected chi connectivity index (χ4v) is 3.00. The summed E-state index contributed by atoms with van der Waals surface area (Å²) in [6.45, 7) is 6.03. The largest absolute Gasteiger partial charge is 0.490 e. The van der Waals surface area contributed by atoms with Crippen molar-refractivity contribution < 1.29 is 24.0 Å². The summed E-state index contributed by atoms with van der Waals surface area (Å²) in [4.78, 5) is 37.5. The number of aryl methyl sites for hydroxylation is 1. The summed E-state index contributed by atoms with van der Waals surface area (Å²) >= 11 is 0. The highest BCUT2D eigenvalue weighted by Gasteiger charge is 2.26. The molecule has 0 aromatic heterocycles. The third-order valence-electron chi connectivity index (χ3n) is 4.90. The quantitative estimate of drug-likeness (QED) is 0.422. The molecule has 0 unspecified atom stereocenters. The third-order valence-corrected chi connectivity index (χ3v) is 4.90. The second-order valence-corrected chi connectivity index (χ2v) is 7.35. The van der Waals surface area contributed by atoms with Crippen LogP contribution in [-0.4, -0.2) is 47.9 Å². The highest BCUT2D eigenvalue weighted by molar-refractivity contribution is 5.88. The van der Waals surface area contributed by atoms with E-state index in [0.717, 1.165) is 17.5 Å². The predicted octanol–water partition coefficient (Wildman–Crippen LogP) is 3.23. The number of nitro groups is 1. The van der Waals surface area contributed by atoms with Crippen molar-refractivity contribution >= 4 is 17.5 Å². The predicted molar refractivity (Wildman–Crippen MR) is 120 cm³/mol. The molecule has 2 amide bonds. The number of carbonyl (C=O) groups excluding carboxylic acids is 2. The molecule has 0 aliphatic carbocycles. The maximum Gasteiger partial charge on any atom is 0.311 e. The molecule has 0 aliphatic heterocycles. The maximum atomic E-state index is 13.0. The van der Waals surface area contributed by atoms with E-state index in [1.54, 1.807) is 6.92 Å². The van der Waals surface area contributed by atoms with Crippen molar-refractivity contribution in [3.63, 3.8) is 0 Å². The van der Waals surface area contributed by atoms with E-state index in [4.69, 9.17) is 9.47 Å². The Labute approximate surface area is 187 Å². The van der Waals surface area contributed by atoms with Crippen LogP contribution in [0, 0.1) is 17.0 Å². The highest BCUT2D eigenvalue weighted by atomic mass is 16.6. The molecule has 32 heavy (non-hydrogen) atoms. The molecule has 0 fully saturated rings. The van der Waals surface area contributed by atoms with Gasteiger partial charge in [0.2, 0.25) is 11.7 Å². The molecular formula is C23H29N3O6. The number of nitro benzene ring substituents is 1. The lowest BCUT2D eigenvalue weighted by atomic mass is 10.1. The van der Waals surface area contributed by atoms with Crippen molar-refractivity contribution in [2.75, 3.05) is 20.3 Å². The molecule has 1 N–H and O–H groups in total.